The van der Waals surface area contributed by atoms with E-state index in [4.69, 9.17) is 4.74 Å². The molecule has 4 rings (SSSR count). The summed E-state index contributed by atoms with van der Waals surface area (Å²) in [5.41, 5.74) is 6.19. The van der Waals surface area contributed by atoms with E-state index in [2.05, 4.69) is 52.8 Å². The summed E-state index contributed by atoms with van der Waals surface area (Å²) in [6, 6.07) is 21.8. The maximum atomic E-state index is 11.7. The molecule has 34 heavy (non-hydrogen) atoms. The van der Waals surface area contributed by atoms with Crippen molar-refractivity contribution in [2.75, 3.05) is 0 Å². The first-order valence-electron chi connectivity index (χ1n) is 12.0. The van der Waals surface area contributed by atoms with E-state index in [0.29, 0.717) is 5.56 Å². The van der Waals surface area contributed by atoms with Crippen molar-refractivity contribution in [3.05, 3.63) is 106 Å². The van der Waals surface area contributed by atoms with Gasteiger partial charge < -0.3 is 9.84 Å². The van der Waals surface area contributed by atoms with Crippen molar-refractivity contribution in [2.24, 2.45) is 0 Å². The van der Waals surface area contributed by atoms with Crippen LogP contribution in [0.3, 0.4) is 0 Å². The van der Waals surface area contributed by atoms with Crippen LogP contribution in [0, 0.1) is 6.92 Å². The molecule has 176 valence electrons. The average molecular weight is 455 g/mol. The maximum absolute atomic E-state index is 11.7. The van der Waals surface area contributed by atoms with Gasteiger partial charge in [-0.05, 0) is 77.1 Å². The average Bonchev–Trinajstić information content (AvgIpc) is 2.81. The van der Waals surface area contributed by atoms with E-state index < -0.39 is 5.97 Å². The Bertz CT molecular complexity index is 1220. The van der Waals surface area contributed by atoms with Gasteiger partial charge in [-0.3, -0.25) is 0 Å². The summed E-state index contributed by atoms with van der Waals surface area (Å²) in [4.78, 5) is 11.7. The molecule has 0 saturated carbocycles. The number of carbonyl (C=O) groups is 1. The van der Waals surface area contributed by atoms with Gasteiger partial charge in [0.15, 0.2) is 0 Å². The smallest absolute Gasteiger partial charge is 0.336 e. The van der Waals surface area contributed by atoms with Crippen molar-refractivity contribution in [1.29, 1.82) is 0 Å². The number of benzene rings is 3. The Morgan fingerprint density at radius 3 is 2.24 bits per heavy atom. The normalized spacial score (nSPS) is 17.2. The molecule has 3 heteroatoms. The first-order valence-corrected chi connectivity index (χ1v) is 12.0. The lowest BCUT2D eigenvalue weighted by atomic mass is 9.63. The number of carboxylic acids is 1. The summed E-state index contributed by atoms with van der Waals surface area (Å²) in [5, 5.41) is 9.58. The second kappa shape index (κ2) is 9.13. The van der Waals surface area contributed by atoms with Gasteiger partial charge in [0, 0.05) is 0 Å². The van der Waals surface area contributed by atoms with Gasteiger partial charge in [0.1, 0.15) is 11.9 Å². The van der Waals surface area contributed by atoms with Gasteiger partial charge in [0.25, 0.3) is 0 Å². The van der Waals surface area contributed by atoms with E-state index in [0.717, 1.165) is 17.7 Å². The van der Waals surface area contributed by atoms with Gasteiger partial charge in [-0.25, -0.2) is 4.79 Å². The van der Waals surface area contributed by atoms with Crippen LogP contribution >= 0.6 is 0 Å². The lowest BCUT2D eigenvalue weighted by molar-refractivity contribution is 0.0696. The summed E-state index contributed by atoms with van der Waals surface area (Å²) >= 11 is 0. The lowest BCUT2D eigenvalue weighted by Crippen LogP contribution is -2.34. The Morgan fingerprint density at radius 2 is 1.56 bits per heavy atom. The summed E-state index contributed by atoms with van der Waals surface area (Å²) in [5.74, 6) is -0.155. The molecule has 0 aliphatic heterocycles. The van der Waals surface area contributed by atoms with Gasteiger partial charge in [-0.1, -0.05) is 87.9 Å². The summed E-state index contributed by atoms with van der Waals surface area (Å²) < 4.78 is 6.45. The molecule has 1 aliphatic carbocycles. The highest BCUT2D eigenvalue weighted by Gasteiger charge is 2.37. The van der Waals surface area contributed by atoms with E-state index in [-0.39, 0.29) is 22.5 Å². The number of carboxylic acid groups (broad SMARTS) is 1. The third-order valence-electron chi connectivity index (χ3n) is 7.13. The molecular formula is C31H34O3. The fraction of sp³-hybridized carbons (Fsp3) is 0.323. The molecule has 0 aromatic heterocycles. The number of fused-ring (bicyclic) bond motifs is 1. The van der Waals surface area contributed by atoms with Crippen LogP contribution in [0.25, 0.3) is 6.08 Å². The molecule has 1 N–H and O–H groups in total. The molecule has 3 aromatic carbocycles. The number of hydrogen-bond donors (Lipinski definition) is 1. The fourth-order valence-corrected chi connectivity index (χ4v) is 4.79. The maximum Gasteiger partial charge on any atom is 0.336 e. The molecule has 0 heterocycles. The van der Waals surface area contributed by atoms with E-state index in [9.17, 15) is 9.90 Å². The Labute approximate surface area is 203 Å². The lowest BCUT2D eigenvalue weighted by Gasteiger charge is -2.42. The molecule has 0 amide bonds. The van der Waals surface area contributed by atoms with Crippen molar-refractivity contribution >= 4 is 12.0 Å². The highest BCUT2D eigenvalue weighted by Crippen LogP contribution is 2.46. The molecule has 3 aromatic rings. The zero-order valence-corrected chi connectivity index (χ0v) is 20.8. The van der Waals surface area contributed by atoms with Crippen LogP contribution in [0.15, 0.2) is 72.8 Å². The monoisotopic (exact) mass is 454 g/mol. The quantitative estimate of drug-likeness (QED) is 0.412. The predicted molar refractivity (Wildman–Crippen MR) is 139 cm³/mol. The molecule has 0 saturated heterocycles. The molecular weight excluding hydrogens is 420 g/mol. The molecule has 1 aliphatic rings. The third-order valence-corrected chi connectivity index (χ3v) is 7.13. The van der Waals surface area contributed by atoms with Crippen molar-refractivity contribution in [3.63, 3.8) is 0 Å². The van der Waals surface area contributed by atoms with Gasteiger partial charge in [0.05, 0.1) is 5.56 Å². The van der Waals surface area contributed by atoms with Crippen LogP contribution in [0.4, 0.5) is 0 Å². The minimum absolute atomic E-state index is 0.0922. The summed E-state index contributed by atoms with van der Waals surface area (Å²) in [6.45, 7) is 11.3. The fourth-order valence-electron chi connectivity index (χ4n) is 4.79. The van der Waals surface area contributed by atoms with Gasteiger partial charge in [0.2, 0.25) is 0 Å². The van der Waals surface area contributed by atoms with E-state index in [1.165, 1.54) is 23.1 Å². The van der Waals surface area contributed by atoms with Crippen LogP contribution in [0.1, 0.15) is 84.8 Å². The van der Waals surface area contributed by atoms with E-state index in [1.807, 2.05) is 48.6 Å². The van der Waals surface area contributed by atoms with E-state index >= 15 is 0 Å². The number of ether oxygens (including phenoxy) is 1. The number of aryl methyl sites for hydroxylation is 1. The number of aromatic carboxylic acids is 1. The van der Waals surface area contributed by atoms with Crippen molar-refractivity contribution < 1.29 is 14.6 Å². The Balaban J connectivity index is 1.77. The topological polar surface area (TPSA) is 46.5 Å². The van der Waals surface area contributed by atoms with E-state index in [1.54, 1.807) is 12.1 Å². The molecule has 0 spiro atoms. The Kier molecular flexibility index (Phi) is 6.40. The van der Waals surface area contributed by atoms with Crippen LogP contribution in [0.5, 0.6) is 5.75 Å². The molecule has 0 bridgehead atoms. The zero-order valence-electron chi connectivity index (χ0n) is 20.8. The summed E-state index contributed by atoms with van der Waals surface area (Å²) in [7, 11) is 0. The molecule has 0 radical (unpaired) electrons. The van der Waals surface area contributed by atoms with Gasteiger partial charge in [-0.15, -0.1) is 0 Å². The Morgan fingerprint density at radius 1 is 0.912 bits per heavy atom. The second-order valence-electron chi connectivity index (χ2n) is 10.7. The molecule has 1 unspecified atom stereocenters. The summed E-state index contributed by atoms with van der Waals surface area (Å²) in [6.07, 6.45) is 5.78. The Hall–Kier alpha value is -3.33. The molecule has 1 atom stereocenters. The first kappa shape index (κ1) is 23.8. The van der Waals surface area contributed by atoms with Crippen LogP contribution in [-0.2, 0) is 10.8 Å². The zero-order chi connectivity index (χ0) is 24.5. The van der Waals surface area contributed by atoms with Crippen molar-refractivity contribution in [3.8, 4) is 5.75 Å². The standard InChI is InChI=1S/C31H34O3/c1-21-10-14-24(15-11-21)34-28(17-13-22-8-6-7-9-25(22)29(32)33)23-12-16-26-27(20-23)31(4,5)19-18-30(26,2)3/h6-17,20,28H,18-19H2,1-5H3,(H,32,33). The highest BCUT2D eigenvalue weighted by atomic mass is 16.5. The third kappa shape index (κ3) is 4.94. The van der Waals surface area contributed by atoms with Crippen molar-refractivity contribution in [2.45, 2.75) is 64.4 Å². The minimum Gasteiger partial charge on any atom is -0.482 e. The van der Waals surface area contributed by atoms with Crippen LogP contribution in [0.2, 0.25) is 0 Å². The van der Waals surface area contributed by atoms with Crippen LogP contribution in [-0.4, -0.2) is 11.1 Å². The number of hydrogen-bond acceptors (Lipinski definition) is 2. The van der Waals surface area contributed by atoms with Crippen molar-refractivity contribution in [1.82, 2.24) is 0 Å². The molecule has 0 fully saturated rings. The largest absolute Gasteiger partial charge is 0.482 e. The molecule has 3 nitrogen and oxygen atoms in total. The second-order valence-corrected chi connectivity index (χ2v) is 10.7. The van der Waals surface area contributed by atoms with Gasteiger partial charge >= 0.3 is 5.97 Å². The van der Waals surface area contributed by atoms with Gasteiger partial charge in [-0.2, -0.15) is 0 Å². The SMILES string of the molecule is Cc1ccc(OC(C=Cc2ccccc2C(=O)O)c2ccc3c(c2)C(C)(C)CCC3(C)C)cc1. The first-order chi connectivity index (χ1) is 16.1. The van der Waals surface area contributed by atoms with Crippen LogP contribution < -0.4 is 4.74 Å². The highest BCUT2D eigenvalue weighted by molar-refractivity contribution is 5.92. The number of rotatable bonds is 6. The minimum atomic E-state index is -0.936. The predicted octanol–water partition coefficient (Wildman–Crippen LogP) is 7.88.